The summed E-state index contributed by atoms with van der Waals surface area (Å²) < 4.78 is 0. The van der Waals surface area contributed by atoms with Gasteiger partial charge in [0.1, 0.15) is 11.3 Å². The van der Waals surface area contributed by atoms with Gasteiger partial charge in [0.2, 0.25) is 0 Å². The average molecular weight is 283 g/mol. The van der Waals surface area contributed by atoms with Crippen LogP contribution in [0.5, 0.6) is 5.75 Å². The van der Waals surface area contributed by atoms with E-state index in [0.717, 1.165) is 9.78 Å². The molecule has 0 amide bonds. The average Bonchev–Trinajstić information content (AvgIpc) is 2.16. The van der Waals surface area contributed by atoms with E-state index in [9.17, 15) is 4.79 Å². The van der Waals surface area contributed by atoms with Gasteiger partial charge in [-0.15, -0.1) is 0 Å². The fourth-order valence-corrected chi connectivity index (χ4v) is 2.39. The summed E-state index contributed by atoms with van der Waals surface area (Å²) in [5.41, 5.74) is -0.0671. The molecule has 0 fully saturated rings. The van der Waals surface area contributed by atoms with E-state index < -0.39 is 5.97 Å². The molecule has 0 aromatic heterocycles. The molecule has 4 heteroatoms. The third-order valence-corrected chi connectivity index (χ3v) is 2.87. The largest absolute Gasteiger partial charge is 0.507 e. The maximum Gasteiger partial charge on any atom is 0.339 e. The molecule has 1 aromatic rings. The van der Waals surface area contributed by atoms with Gasteiger partial charge in [0, 0.05) is 0 Å². The van der Waals surface area contributed by atoms with Crippen molar-refractivity contribution in [2.75, 3.05) is 0 Å². The SMILES string of the molecule is C[CH](C)[Ni][CH](C)C.O=C(O)c1ccccc1O. The Hall–Kier alpha value is -1.02. The van der Waals surface area contributed by atoms with E-state index in [-0.39, 0.29) is 11.3 Å². The first-order chi connectivity index (χ1) is 7.84. The number of rotatable bonds is 3. The molecule has 1 aromatic carbocycles. The van der Waals surface area contributed by atoms with E-state index in [1.165, 1.54) is 12.1 Å². The molecule has 0 aliphatic heterocycles. The van der Waals surface area contributed by atoms with Crippen LogP contribution in [0.2, 0.25) is 9.78 Å². The molecule has 100 valence electrons. The predicted octanol–water partition coefficient (Wildman–Crippen LogP) is 3.82. The molecule has 0 spiro atoms. The van der Waals surface area contributed by atoms with Gasteiger partial charge in [-0.05, 0) is 12.1 Å². The van der Waals surface area contributed by atoms with Crippen molar-refractivity contribution in [2.24, 2.45) is 0 Å². The predicted molar refractivity (Wildman–Crippen MR) is 65.3 cm³/mol. The third kappa shape index (κ3) is 7.81. The van der Waals surface area contributed by atoms with Crippen molar-refractivity contribution in [3.05, 3.63) is 29.8 Å². The zero-order valence-electron chi connectivity index (χ0n) is 10.6. The van der Waals surface area contributed by atoms with Gasteiger partial charge in [-0.1, -0.05) is 12.1 Å². The van der Waals surface area contributed by atoms with Crippen LogP contribution in [0.4, 0.5) is 0 Å². The Morgan fingerprint density at radius 1 is 1.12 bits per heavy atom. The van der Waals surface area contributed by atoms with Gasteiger partial charge in [0.05, 0.1) is 0 Å². The van der Waals surface area contributed by atoms with Crippen molar-refractivity contribution >= 4 is 5.97 Å². The van der Waals surface area contributed by atoms with Gasteiger partial charge >= 0.3 is 57.9 Å². The van der Waals surface area contributed by atoms with Crippen LogP contribution in [0.25, 0.3) is 0 Å². The molecule has 0 heterocycles. The number of carboxylic acids is 1. The number of carboxylic acid groups (broad SMARTS) is 1. The van der Waals surface area contributed by atoms with Crippen molar-refractivity contribution in [1.82, 2.24) is 0 Å². The molecule has 0 aliphatic rings. The Bertz CT molecular complexity index is 342. The summed E-state index contributed by atoms with van der Waals surface area (Å²) in [5, 5.41) is 17.3. The van der Waals surface area contributed by atoms with Crippen LogP contribution in [0.3, 0.4) is 0 Å². The second-order valence-electron chi connectivity index (χ2n) is 3.81. The fourth-order valence-electron chi connectivity index (χ4n) is 1.08. The monoisotopic (exact) mass is 282 g/mol. The van der Waals surface area contributed by atoms with Gasteiger partial charge in [0.25, 0.3) is 0 Å². The molecule has 0 atom stereocenters. The summed E-state index contributed by atoms with van der Waals surface area (Å²) in [5.74, 6) is -1.31. The molecule has 3 nitrogen and oxygen atoms in total. The molecule has 0 radical (unpaired) electrons. The molecule has 0 bridgehead atoms. The van der Waals surface area contributed by atoms with Crippen LogP contribution in [0, 0.1) is 0 Å². The van der Waals surface area contributed by atoms with Gasteiger partial charge in [-0.25, -0.2) is 4.79 Å². The first kappa shape index (κ1) is 16.0. The summed E-state index contributed by atoms with van der Waals surface area (Å²) >= 11 is 1.85. The van der Waals surface area contributed by atoms with Gasteiger partial charge in [-0.3, -0.25) is 0 Å². The second kappa shape index (κ2) is 8.13. The van der Waals surface area contributed by atoms with E-state index in [4.69, 9.17) is 10.2 Å². The van der Waals surface area contributed by atoms with Crippen molar-refractivity contribution in [3.8, 4) is 5.75 Å². The molecule has 0 aliphatic carbocycles. The Morgan fingerprint density at radius 3 is 1.82 bits per heavy atom. The number of aromatic carboxylic acids is 1. The fraction of sp³-hybridized carbons (Fsp3) is 0.462. The summed E-state index contributed by atoms with van der Waals surface area (Å²) in [6.07, 6.45) is 0. The molecule has 1 rings (SSSR count). The van der Waals surface area contributed by atoms with Crippen LogP contribution >= 0.6 is 0 Å². The molecule has 17 heavy (non-hydrogen) atoms. The Kier molecular flexibility index (Phi) is 7.64. The molecule has 2 N–H and O–H groups in total. The zero-order valence-corrected chi connectivity index (χ0v) is 11.6. The third-order valence-electron chi connectivity index (χ3n) is 1.56. The van der Waals surface area contributed by atoms with Crippen molar-refractivity contribution in [2.45, 2.75) is 37.5 Å². The second-order valence-corrected chi connectivity index (χ2v) is 6.42. The normalized spacial score (nSPS) is 10.2. The summed E-state index contributed by atoms with van der Waals surface area (Å²) in [4.78, 5) is 11.9. The maximum atomic E-state index is 10.3. The standard InChI is InChI=1S/C7H6O3.2C3H7.Ni/c8-6-4-2-1-3-5(6)7(9)10;2*1-3-2;/h1-4,8H,(H,9,10);2*3H,1-2H3;. The molecular weight excluding hydrogens is 263 g/mol. The Balaban J connectivity index is 0.000000325. The topological polar surface area (TPSA) is 57.5 Å². The van der Waals surface area contributed by atoms with Crippen LogP contribution in [0.1, 0.15) is 38.1 Å². The number of aromatic hydroxyl groups is 1. The summed E-state index contributed by atoms with van der Waals surface area (Å²) in [7, 11) is 0. The van der Waals surface area contributed by atoms with Crippen molar-refractivity contribution in [1.29, 1.82) is 0 Å². The molecule has 0 saturated carbocycles. The first-order valence-electron chi connectivity index (χ1n) is 5.40. The van der Waals surface area contributed by atoms with E-state index in [1.54, 1.807) is 12.1 Å². The number of hydrogen-bond donors (Lipinski definition) is 2. The van der Waals surface area contributed by atoms with Crippen LogP contribution in [-0.4, -0.2) is 16.2 Å². The number of phenols is 1. The van der Waals surface area contributed by atoms with Crippen molar-refractivity contribution in [3.63, 3.8) is 0 Å². The first-order valence-corrected chi connectivity index (χ1v) is 6.54. The minimum Gasteiger partial charge on any atom is -0.507 e. The van der Waals surface area contributed by atoms with E-state index >= 15 is 0 Å². The Morgan fingerprint density at radius 2 is 1.59 bits per heavy atom. The van der Waals surface area contributed by atoms with Gasteiger partial charge in [-0.2, -0.15) is 0 Å². The van der Waals surface area contributed by atoms with Gasteiger partial charge < -0.3 is 10.2 Å². The number of hydrogen-bond acceptors (Lipinski definition) is 2. The van der Waals surface area contributed by atoms with Gasteiger partial charge in [0.15, 0.2) is 0 Å². The quantitative estimate of drug-likeness (QED) is 0.829. The molecule has 0 saturated heterocycles. The number of benzene rings is 1. The number of carbonyl (C=O) groups is 1. The molecular formula is C13H20NiO3. The van der Waals surface area contributed by atoms with E-state index in [1.807, 2.05) is 14.4 Å². The smallest absolute Gasteiger partial charge is 0.339 e. The van der Waals surface area contributed by atoms with Crippen LogP contribution in [0.15, 0.2) is 24.3 Å². The minimum atomic E-state index is -1.11. The van der Waals surface area contributed by atoms with E-state index in [2.05, 4.69) is 27.7 Å². The summed E-state index contributed by atoms with van der Waals surface area (Å²) in [6.45, 7) is 8.94. The minimum absolute atomic E-state index is 0.0671. The van der Waals surface area contributed by atoms with Crippen molar-refractivity contribution < 1.29 is 29.4 Å². The van der Waals surface area contributed by atoms with Crippen LogP contribution in [-0.2, 0) is 14.4 Å². The van der Waals surface area contributed by atoms with Crippen LogP contribution < -0.4 is 0 Å². The Labute approximate surface area is 109 Å². The maximum absolute atomic E-state index is 10.3. The zero-order chi connectivity index (χ0) is 13.4. The number of para-hydroxylation sites is 1. The van der Waals surface area contributed by atoms with E-state index in [0.29, 0.717) is 0 Å². The molecule has 0 unspecified atom stereocenters. The summed E-state index contributed by atoms with van der Waals surface area (Å²) in [6, 6.07) is 5.81.